The van der Waals surface area contributed by atoms with Crippen LogP contribution < -0.4 is 4.90 Å². The van der Waals surface area contributed by atoms with Crippen LogP contribution >= 0.6 is 0 Å². The monoisotopic (exact) mass is 484 g/mol. The number of aryl methyl sites for hydroxylation is 1. The fourth-order valence-electron chi connectivity index (χ4n) is 4.55. The van der Waals surface area contributed by atoms with Crippen molar-refractivity contribution in [3.05, 3.63) is 54.7 Å². The topological polar surface area (TPSA) is 116 Å². The van der Waals surface area contributed by atoms with Gasteiger partial charge in [-0.1, -0.05) is 0 Å². The quantitative estimate of drug-likeness (QED) is 0.463. The van der Waals surface area contributed by atoms with Crippen LogP contribution in [0.1, 0.15) is 25.8 Å². The highest BCUT2D eigenvalue weighted by atomic mass is 16.3. The van der Waals surface area contributed by atoms with Crippen LogP contribution in [0.3, 0.4) is 0 Å². The van der Waals surface area contributed by atoms with E-state index in [0.717, 1.165) is 33.6 Å². The first-order valence-electron chi connectivity index (χ1n) is 11.8. The summed E-state index contributed by atoms with van der Waals surface area (Å²) in [5, 5.41) is 28.3. The number of aliphatic hydroxyl groups is 1. The summed E-state index contributed by atoms with van der Waals surface area (Å²) in [6, 6.07) is 8.25. The van der Waals surface area contributed by atoms with Crippen LogP contribution in [0.4, 0.5) is 5.82 Å². The predicted octanol–water partition coefficient (Wildman–Crippen LogP) is 2.48. The number of carbonyl (C=O) groups is 1. The number of anilines is 1. The van der Waals surface area contributed by atoms with Crippen molar-refractivity contribution in [2.75, 3.05) is 31.1 Å². The minimum absolute atomic E-state index is 0.0305. The van der Waals surface area contributed by atoms with Crippen molar-refractivity contribution in [1.29, 1.82) is 5.26 Å². The molecule has 1 aliphatic heterocycles. The van der Waals surface area contributed by atoms with Gasteiger partial charge in [-0.15, -0.1) is 0 Å². The molecule has 1 fully saturated rings. The molecule has 0 radical (unpaired) electrons. The average Bonchev–Trinajstić information content (AvgIpc) is 3.48. The summed E-state index contributed by atoms with van der Waals surface area (Å²) in [5.41, 5.74) is 3.87. The molecule has 36 heavy (non-hydrogen) atoms. The van der Waals surface area contributed by atoms with E-state index in [9.17, 15) is 15.2 Å². The van der Waals surface area contributed by atoms with Crippen LogP contribution in [0.25, 0.3) is 27.8 Å². The third-order valence-corrected chi connectivity index (χ3v) is 6.37. The number of fused-ring (bicyclic) bond motifs is 1. The Hall–Kier alpha value is -4.23. The van der Waals surface area contributed by atoms with E-state index >= 15 is 0 Å². The fraction of sp³-hybridized carbons (Fsp3) is 0.346. The molecule has 10 heteroatoms. The highest BCUT2D eigenvalue weighted by molar-refractivity contribution is 5.87. The van der Waals surface area contributed by atoms with E-state index in [-0.39, 0.29) is 12.3 Å². The van der Waals surface area contributed by atoms with Crippen molar-refractivity contribution < 1.29 is 9.90 Å². The van der Waals surface area contributed by atoms with Crippen molar-refractivity contribution in [1.82, 2.24) is 29.3 Å². The van der Waals surface area contributed by atoms with Gasteiger partial charge < -0.3 is 14.9 Å². The molecule has 5 heterocycles. The van der Waals surface area contributed by atoms with Crippen LogP contribution in [-0.4, -0.2) is 72.1 Å². The molecule has 10 nitrogen and oxygen atoms in total. The number of pyridine rings is 2. The SMILES string of the molecule is Cn1cc(-c2cc(-c3ccc(N4CCN(C(=O)CC(C)(C)O)CC4)nc3)c3c(C#N)cnn3c2)cn1. The van der Waals surface area contributed by atoms with Gasteiger partial charge >= 0.3 is 0 Å². The molecule has 1 aliphatic rings. The summed E-state index contributed by atoms with van der Waals surface area (Å²) >= 11 is 0. The lowest BCUT2D eigenvalue weighted by Crippen LogP contribution is -2.50. The van der Waals surface area contributed by atoms with E-state index < -0.39 is 5.60 Å². The van der Waals surface area contributed by atoms with E-state index in [1.54, 1.807) is 40.3 Å². The summed E-state index contributed by atoms with van der Waals surface area (Å²) in [6.45, 7) is 5.82. The summed E-state index contributed by atoms with van der Waals surface area (Å²) < 4.78 is 3.48. The molecule has 4 aromatic heterocycles. The molecule has 1 N–H and O–H groups in total. The van der Waals surface area contributed by atoms with Gasteiger partial charge in [-0.2, -0.15) is 15.5 Å². The Labute approximate surface area is 209 Å². The maximum Gasteiger partial charge on any atom is 0.225 e. The Kier molecular flexibility index (Phi) is 5.94. The minimum atomic E-state index is -1.01. The minimum Gasteiger partial charge on any atom is -0.390 e. The molecule has 0 aliphatic carbocycles. The average molecular weight is 485 g/mol. The van der Waals surface area contributed by atoms with Crippen molar-refractivity contribution in [2.45, 2.75) is 25.9 Å². The zero-order valence-corrected chi connectivity index (χ0v) is 20.6. The Morgan fingerprint density at radius 2 is 1.83 bits per heavy atom. The number of aromatic nitrogens is 5. The highest BCUT2D eigenvalue weighted by Crippen LogP contribution is 2.32. The second-order valence-electron chi connectivity index (χ2n) is 9.77. The number of carbonyl (C=O) groups excluding carboxylic acids is 1. The molecule has 5 rings (SSSR count). The van der Waals surface area contributed by atoms with Crippen molar-refractivity contribution in [3.63, 3.8) is 0 Å². The lowest BCUT2D eigenvalue weighted by molar-refractivity contribution is -0.135. The Morgan fingerprint density at radius 1 is 1.06 bits per heavy atom. The number of nitrogens with zero attached hydrogens (tertiary/aromatic N) is 8. The van der Waals surface area contributed by atoms with Gasteiger partial charge in [0.1, 0.15) is 11.9 Å². The number of hydrogen-bond acceptors (Lipinski definition) is 7. The molecule has 0 spiro atoms. The zero-order chi connectivity index (χ0) is 25.4. The van der Waals surface area contributed by atoms with Gasteiger partial charge in [-0.05, 0) is 32.0 Å². The van der Waals surface area contributed by atoms with Gasteiger partial charge in [0.05, 0.1) is 35.5 Å². The summed E-state index contributed by atoms with van der Waals surface area (Å²) in [6.07, 6.45) is 9.15. The van der Waals surface area contributed by atoms with Crippen molar-refractivity contribution in [3.8, 4) is 28.3 Å². The molecule has 184 valence electrons. The molecule has 0 saturated carbocycles. The largest absolute Gasteiger partial charge is 0.390 e. The summed E-state index contributed by atoms with van der Waals surface area (Å²) in [4.78, 5) is 21.1. The molecular formula is C26H28N8O2. The Bertz CT molecular complexity index is 1450. The first-order chi connectivity index (χ1) is 17.2. The number of hydrogen-bond donors (Lipinski definition) is 1. The molecule has 0 unspecified atom stereocenters. The molecule has 0 bridgehead atoms. The lowest BCUT2D eigenvalue weighted by atomic mass is 10.0. The van der Waals surface area contributed by atoms with Crippen LogP contribution in [0, 0.1) is 11.3 Å². The van der Waals surface area contributed by atoms with Gasteiger partial charge in [0.15, 0.2) is 0 Å². The number of piperazine rings is 1. The second-order valence-corrected chi connectivity index (χ2v) is 9.77. The number of amides is 1. The van der Waals surface area contributed by atoms with E-state index in [2.05, 4.69) is 21.2 Å². The smallest absolute Gasteiger partial charge is 0.225 e. The van der Waals surface area contributed by atoms with Crippen LogP contribution in [0.5, 0.6) is 0 Å². The lowest BCUT2D eigenvalue weighted by Gasteiger charge is -2.36. The van der Waals surface area contributed by atoms with Crippen molar-refractivity contribution in [2.24, 2.45) is 7.05 Å². The maximum atomic E-state index is 12.4. The molecular weight excluding hydrogens is 456 g/mol. The van der Waals surface area contributed by atoms with E-state index in [1.165, 1.54) is 0 Å². The third-order valence-electron chi connectivity index (χ3n) is 6.37. The molecule has 0 aromatic carbocycles. The van der Waals surface area contributed by atoms with Gasteiger partial charge in [0.25, 0.3) is 0 Å². The maximum absolute atomic E-state index is 12.4. The van der Waals surface area contributed by atoms with E-state index in [1.807, 2.05) is 43.8 Å². The van der Waals surface area contributed by atoms with Crippen LogP contribution in [0.2, 0.25) is 0 Å². The zero-order valence-electron chi connectivity index (χ0n) is 20.6. The van der Waals surface area contributed by atoms with Gasteiger partial charge in [0, 0.05) is 74.1 Å². The highest BCUT2D eigenvalue weighted by Gasteiger charge is 2.26. The summed E-state index contributed by atoms with van der Waals surface area (Å²) in [5.74, 6) is 0.805. The summed E-state index contributed by atoms with van der Waals surface area (Å²) in [7, 11) is 1.87. The molecule has 0 atom stereocenters. The number of nitriles is 1. The molecule has 1 amide bonds. The van der Waals surface area contributed by atoms with Gasteiger partial charge in [-0.25, -0.2) is 9.50 Å². The fourth-order valence-corrected chi connectivity index (χ4v) is 4.55. The number of rotatable bonds is 5. The Morgan fingerprint density at radius 3 is 2.44 bits per heavy atom. The van der Waals surface area contributed by atoms with E-state index in [0.29, 0.717) is 31.7 Å². The first-order valence-corrected chi connectivity index (χ1v) is 11.8. The third kappa shape index (κ3) is 4.65. The molecule has 1 saturated heterocycles. The standard InChI is InChI=1S/C26H28N8O2/c1-26(2,36)11-24(35)33-8-6-32(7-9-33)23-5-4-18(13-28-23)22-10-19(21-15-29-31(3)16-21)17-34-25(22)20(12-27)14-30-34/h4-5,10,13-17,36H,6-9,11H2,1-3H3. The van der Waals surface area contributed by atoms with Crippen LogP contribution in [-0.2, 0) is 11.8 Å². The van der Waals surface area contributed by atoms with Crippen molar-refractivity contribution >= 4 is 17.2 Å². The first kappa shape index (κ1) is 23.5. The van der Waals surface area contributed by atoms with Crippen LogP contribution in [0.15, 0.2) is 49.2 Å². The van der Waals surface area contributed by atoms with E-state index in [4.69, 9.17) is 4.98 Å². The van der Waals surface area contributed by atoms with Gasteiger partial charge in [-0.3, -0.25) is 9.48 Å². The normalized spacial score (nSPS) is 14.3. The second kappa shape index (κ2) is 9.09. The molecule has 4 aromatic rings. The van der Waals surface area contributed by atoms with Gasteiger partial charge in [0.2, 0.25) is 5.91 Å². The predicted molar refractivity (Wildman–Crippen MR) is 135 cm³/mol. The Balaban J connectivity index is 1.40.